The molecule has 2 heterocycles. The normalized spacial score (nSPS) is 17.7. The molecule has 6 nitrogen and oxygen atoms in total. The lowest BCUT2D eigenvalue weighted by atomic mass is 10.2. The molecular formula is C12H20N4O2. The van der Waals surface area contributed by atoms with Crippen LogP contribution in [0.3, 0.4) is 0 Å². The van der Waals surface area contributed by atoms with Gasteiger partial charge in [0, 0.05) is 33.3 Å². The molecule has 0 bridgehead atoms. The predicted octanol–water partition coefficient (Wildman–Crippen LogP) is 1.11. The molecule has 1 aromatic rings. The Morgan fingerprint density at radius 3 is 2.78 bits per heavy atom. The number of nitrogens with one attached hydrogen (secondary N) is 1. The molecule has 1 aromatic heterocycles. The maximum atomic E-state index is 5.53. The molecule has 0 spiro atoms. The minimum atomic E-state index is -0.466. The summed E-state index contributed by atoms with van der Waals surface area (Å²) < 4.78 is 11.1. The number of aromatic nitrogens is 2. The summed E-state index contributed by atoms with van der Waals surface area (Å²) in [5, 5.41) is 3.18. The van der Waals surface area contributed by atoms with Gasteiger partial charge in [0.25, 0.3) is 0 Å². The fourth-order valence-electron chi connectivity index (χ4n) is 1.79. The Morgan fingerprint density at radius 1 is 1.39 bits per heavy atom. The third kappa shape index (κ3) is 3.30. The van der Waals surface area contributed by atoms with Crippen LogP contribution in [0.25, 0.3) is 0 Å². The minimum Gasteiger partial charge on any atom is -0.363 e. The first-order chi connectivity index (χ1) is 8.59. The van der Waals surface area contributed by atoms with Crippen LogP contribution < -0.4 is 10.2 Å². The molecule has 18 heavy (non-hydrogen) atoms. The van der Waals surface area contributed by atoms with Crippen molar-refractivity contribution in [2.45, 2.75) is 19.1 Å². The van der Waals surface area contributed by atoms with Crippen LogP contribution in [0.2, 0.25) is 0 Å². The first kappa shape index (κ1) is 13.0. The summed E-state index contributed by atoms with van der Waals surface area (Å²) in [4.78, 5) is 10.5. The first-order valence-corrected chi connectivity index (χ1v) is 6.11. The molecule has 6 heteroatoms. The highest BCUT2D eigenvalue weighted by Crippen LogP contribution is 2.22. The molecule has 1 aliphatic rings. The van der Waals surface area contributed by atoms with E-state index in [-0.39, 0.29) is 0 Å². The Morgan fingerprint density at radius 2 is 2.11 bits per heavy atom. The second-order valence-electron chi connectivity index (χ2n) is 4.64. The number of hydrogen-bond acceptors (Lipinski definition) is 6. The molecule has 1 N–H and O–H groups in total. The van der Waals surface area contributed by atoms with E-state index < -0.39 is 5.79 Å². The van der Waals surface area contributed by atoms with E-state index in [1.807, 2.05) is 32.0 Å². The van der Waals surface area contributed by atoms with Crippen molar-refractivity contribution < 1.29 is 9.47 Å². The monoisotopic (exact) mass is 252 g/mol. The van der Waals surface area contributed by atoms with Crippen molar-refractivity contribution in [3.63, 3.8) is 0 Å². The van der Waals surface area contributed by atoms with Gasteiger partial charge < -0.3 is 19.7 Å². The number of rotatable bonds is 5. The average molecular weight is 252 g/mol. The van der Waals surface area contributed by atoms with Crippen LogP contribution in [0.15, 0.2) is 12.3 Å². The SMILES string of the molecule is CN(C)c1ccnc(NCCC2(C)OCCO2)n1. The predicted molar refractivity (Wildman–Crippen MR) is 69.8 cm³/mol. The zero-order valence-corrected chi connectivity index (χ0v) is 11.1. The fraction of sp³-hybridized carbons (Fsp3) is 0.667. The van der Waals surface area contributed by atoms with Crippen LogP contribution >= 0.6 is 0 Å². The summed E-state index contributed by atoms with van der Waals surface area (Å²) in [7, 11) is 3.90. The molecule has 0 saturated carbocycles. The average Bonchev–Trinajstić information content (AvgIpc) is 2.77. The van der Waals surface area contributed by atoms with Crippen LogP contribution in [-0.2, 0) is 9.47 Å². The highest BCUT2D eigenvalue weighted by molar-refractivity contribution is 5.40. The van der Waals surface area contributed by atoms with Gasteiger partial charge in [-0.2, -0.15) is 4.98 Å². The zero-order valence-electron chi connectivity index (χ0n) is 11.1. The molecular weight excluding hydrogens is 232 g/mol. The Kier molecular flexibility index (Phi) is 3.98. The molecule has 100 valence electrons. The van der Waals surface area contributed by atoms with Gasteiger partial charge in [0.05, 0.1) is 13.2 Å². The molecule has 0 atom stereocenters. The molecule has 0 aromatic carbocycles. The summed E-state index contributed by atoms with van der Waals surface area (Å²) in [6.45, 7) is 4.01. The van der Waals surface area contributed by atoms with Crippen LogP contribution in [-0.4, -0.2) is 49.6 Å². The standard InChI is InChI=1S/C12H20N4O2/c1-12(17-8-9-18-12)5-7-14-11-13-6-4-10(15-11)16(2)3/h4,6H,5,7-9H2,1-3H3,(H,13,14,15). The van der Waals surface area contributed by atoms with Crippen LogP contribution in [0.5, 0.6) is 0 Å². The number of anilines is 2. The van der Waals surface area contributed by atoms with E-state index in [1.54, 1.807) is 6.20 Å². The van der Waals surface area contributed by atoms with E-state index in [0.717, 1.165) is 12.2 Å². The largest absolute Gasteiger partial charge is 0.363 e. The number of hydrogen-bond donors (Lipinski definition) is 1. The van der Waals surface area contributed by atoms with Crippen LogP contribution in [0, 0.1) is 0 Å². The van der Waals surface area contributed by atoms with Crippen molar-refractivity contribution in [3.05, 3.63) is 12.3 Å². The van der Waals surface area contributed by atoms with Gasteiger partial charge in [0.2, 0.25) is 5.95 Å². The van der Waals surface area contributed by atoms with Gasteiger partial charge in [-0.3, -0.25) is 0 Å². The molecule has 0 amide bonds. The fourth-order valence-corrected chi connectivity index (χ4v) is 1.79. The summed E-state index contributed by atoms with van der Waals surface area (Å²) >= 11 is 0. The van der Waals surface area contributed by atoms with Crippen molar-refractivity contribution in [2.24, 2.45) is 0 Å². The van der Waals surface area contributed by atoms with E-state index >= 15 is 0 Å². The van der Waals surface area contributed by atoms with Crippen molar-refractivity contribution in [1.29, 1.82) is 0 Å². The summed E-state index contributed by atoms with van der Waals surface area (Å²) in [5.41, 5.74) is 0. The summed E-state index contributed by atoms with van der Waals surface area (Å²) in [6, 6.07) is 1.87. The van der Waals surface area contributed by atoms with Crippen molar-refractivity contribution in [3.8, 4) is 0 Å². The van der Waals surface area contributed by atoms with Crippen molar-refractivity contribution in [2.75, 3.05) is 44.1 Å². The highest BCUT2D eigenvalue weighted by atomic mass is 16.7. The third-order valence-electron chi connectivity index (χ3n) is 2.86. The lowest BCUT2D eigenvalue weighted by molar-refractivity contribution is -0.144. The second-order valence-corrected chi connectivity index (χ2v) is 4.64. The molecule has 2 rings (SSSR count). The molecule has 1 aliphatic heterocycles. The Balaban J connectivity index is 1.84. The van der Waals surface area contributed by atoms with Gasteiger partial charge in [-0.15, -0.1) is 0 Å². The number of ether oxygens (including phenoxy) is 2. The maximum absolute atomic E-state index is 5.53. The van der Waals surface area contributed by atoms with Gasteiger partial charge in [-0.1, -0.05) is 0 Å². The first-order valence-electron chi connectivity index (χ1n) is 6.11. The molecule has 1 saturated heterocycles. The van der Waals surface area contributed by atoms with Gasteiger partial charge in [-0.25, -0.2) is 4.98 Å². The van der Waals surface area contributed by atoms with E-state index in [1.165, 1.54) is 0 Å². The topological polar surface area (TPSA) is 59.5 Å². The van der Waals surface area contributed by atoms with E-state index in [2.05, 4.69) is 15.3 Å². The summed E-state index contributed by atoms with van der Waals surface area (Å²) in [6.07, 6.45) is 2.51. The van der Waals surface area contributed by atoms with Crippen molar-refractivity contribution in [1.82, 2.24) is 9.97 Å². The quantitative estimate of drug-likeness (QED) is 0.847. The molecule has 1 fully saturated rings. The Bertz CT molecular complexity index is 391. The van der Waals surface area contributed by atoms with Gasteiger partial charge in [0.1, 0.15) is 5.82 Å². The smallest absolute Gasteiger partial charge is 0.224 e. The zero-order chi connectivity index (χ0) is 13.0. The van der Waals surface area contributed by atoms with E-state index in [4.69, 9.17) is 9.47 Å². The number of nitrogens with zero attached hydrogens (tertiary/aromatic N) is 3. The summed E-state index contributed by atoms with van der Waals surface area (Å²) in [5.74, 6) is 1.04. The van der Waals surface area contributed by atoms with Crippen molar-refractivity contribution >= 4 is 11.8 Å². The Labute approximate surface area is 107 Å². The van der Waals surface area contributed by atoms with Gasteiger partial charge in [-0.05, 0) is 13.0 Å². The lowest BCUT2D eigenvalue weighted by Gasteiger charge is -2.22. The van der Waals surface area contributed by atoms with Gasteiger partial charge >= 0.3 is 0 Å². The highest BCUT2D eigenvalue weighted by Gasteiger charge is 2.30. The van der Waals surface area contributed by atoms with Crippen LogP contribution in [0.1, 0.15) is 13.3 Å². The minimum absolute atomic E-state index is 0.466. The lowest BCUT2D eigenvalue weighted by Crippen LogP contribution is -2.28. The van der Waals surface area contributed by atoms with E-state index in [0.29, 0.717) is 25.7 Å². The Hall–Kier alpha value is -1.40. The second kappa shape index (κ2) is 5.49. The molecule has 0 aliphatic carbocycles. The van der Waals surface area contributed by atoms with Crippen LogP contribution in [0.4, 0.5) is 11.8 Å². The molecule has 0 unspecified atom stereocenters. The third-order valence-corrected chi connectivity index (χ3v) is 2.86. The van der Waals surface area contributed by atoms with E-state index in [9.17, 15) is 0 Å². The molecule has 0 radical (unpaired) electrons. The maximum Gasteiger partial charge on any atom is 0.224 e. The van der Waals surface area contributed by atoms with Gasteiger partial charge in [0.15, 0.2) is 5.79 Å².